The normalized spacial score (nSPS) is 15.9. The summed E-state index contributed by atoms with van der Waals surface area (Å²) in [5.41, 5.74) is 2.05. The van der Waals surface area contributed by atoms with Gasteiger partial charge in [-0.05, 0) is 72.5 Å². The van der Waals surface area contributed by atoms with Crippen LogP contribution in [0.25, 0.3) is 6.08 Å². The number of carbonyl (C=O) groups is 3. The smallest absolute Gasteiger partial charge is 0.335 e. The van der Waals surface area contributed by atoms with Gasteiger partial charge < -0.3 is 9.30 Å². The lowest BCUT2D eigenvalue weighted by Gasteiger charge is -2.26. The molecule has 1 aliphatic rings. The molecule has 3 aromatic rings. The molecule has 2 heterocycles. The molecule has 1 fully saturated rings. The molecule has 0 unspecified atom stereocenters. The Kier molecular flexibility index (Phi) is 7.36. The van der Waals surface area contributed by atoms with Crippen molar-refractivity contribution in [1.29, 1.82) is 0 Å². The number of hydrogen-bond acceptors (Lipinski definition) is 4. The van der Waals surface area contributed by atoms with Crippen LogP contribution < -0.4 is 15.0 Å². The molecule has 2 aromatic carbocycles. The number of carbonyl (C=O) groups excluding carboxylic acids is 3. The van der Waals surface area contributed by atoms with E-state index in [2.05, 4.69) is 19.2 Å². The van der Waals surface area contributed by atoms with Gasteiger partial charge in [0, 0.05) is 16.9 Å². The third-order valence-electron chi connectivity index (χ3n) is 6.01. The van der Waals surface area contributed by atoms with E-state index in [1.165, 1.54) is 6.08 Å². The number of halogens is 1. The molecule has 1 atom stereocenters. The first kappa shape index (κ1) is 24.3. The average Bonchev–Trinajstić information content (AvgIpc) is 3.29. The molecule has 1 N–H and O–H groups in total. The highest BCUT2D eigenvalue weighted by molar-refractivity contribution is 6.39. The third kappa shape index (κ3) is 5.46. The monoisotopic (exact) mass is 491 g/mol. The van der Waals surface area contributed by atoms with E-state index < -0.39 is 17.8 Å². The first-order valence-corrected chi connectivity index (χ1v) is 11.8. The Morgan fingerprint density at radius 3 is 2.43 bits per heavy atom. The van der Waals surface area contributed by atoms with E-state index in [1.807, 2.05) is 29.0 Å². The van der Waals surface area contributed by atoms with Crippen molar-refractivity contribution in [2.75, 3.05) is 11.5 Å². The van der Waals surface area contributed by atoms with Crippen molar-refractivity contribution in [2.24, 2.45) is 0 Å². The summed E-state index contributed by atoms with van der Waals surface area (Å²) in [6.07, 6.45) is 4.31. The Labute approximate surface area is 208 Å². The van der Waals surface area contributed by atoms with Crippen LogP contribution in [0.1, 0.15) is 37.4 Å². The zero-order valence-corrected chi connectivity index (χ0v) is 20.3. The fraction of sp³-hybridized carbons (Fsp3) is 0.222. The molecule has 35 heavy (non-hydrogen) atoms. The average molecular weight is 492 g/mol. The molecule has 1 saturated heterocycles. The second-order valence-electron chi connectivity index (χ2n) is 8.29. The molecular weight excluding hydrogens is 466 g/mol. The van der Waals surface area contributed by atoms with E-state index in [1.54, 1.807) is 42.5 Å². The third-order valence-corrected chi connectivity index (χ3v) is 6.26. The molecule has 180 valence electrons. The van der Waals surface area contributed by atoms with Crippen LogP contribution in [0.15, 0.2) is 72.4 Å². The van der Waals surface area contributed by atoms with E-state index in [4.69, 9.17) is 16.3 Å². The van der Waals surface area contributed by atoms with Crippen molar-refractivity contribution >= 4 is 41.2 Å². The maximum atomic E-state index is 13.2. The van der Waals surface area contributed by atoms with E-state index in [0.29, 0.717) is 41.2 Å². The molecular formula is C27H26ClN3O4. The van der Waals surface area contributed by atoms with Gasteiger partial charge in [-0.1, -0.05) is 37.6 Å². The van der Waals surface area contributed by atoms with Gasteiger partial charge in [0.25, 0.3) is 11.8 Å². The lowest BCUT2D eigenvalue weighted by molar-refractivity contribution is -0.122. The van der Waals surface area contributed by atoms with Gasteiger partial charge in [-0.25, -0.2) is 9.69 Å². The largest absolute Gasteiger partial charge is 0.492 e. The number of nitrogens with one attached hydrogen (secondary N) is 1. The SMILES string of the molecule is CC[C@@H](C)c1ccc(N2C(=O)NC(=O)/C(=C/c3cccn3CCOc3ccc(Cl)cc3)C2=O)cc1. The Hall–Kier alpha value is -3.84. The summed E-state index contributed by atoms with van der Waals surface area (Å²) in [5, 5.41) is 2.90. The van der Waals surface area contributed by atoms with Gasteiger partial charge in [0.05, 0.1) is 12.2 Å². The van der Waals surface area contributed by atoms with Gasteiger partial charge in [0.15, 0.2) is 0 Å². The number of nitrogens with zero attached hydrogens (tertiary/aromatic N) is 2. The van der Waals surface area contributed by atoms with E-state index >= 15 is 0 Å². The number of urea groups is 1. The Morgan fingerprint density at radius 1 is 1.03 bits per heavy atom. The molecule has 0 saturated carbocycles. The minimum Gasteiger partial charge on any atom is -0.492 e. The van der Waals surface area contributed by atoms with Crippen molar-refractivity contribution in [1.82, 2.24) is 9.88 Å². The number of benzene rings is 2. The Morgan fingerprint density at radius 2 is 1.74 bits per heavy atom. The van der Waals surface area contributed by atoms with Gasteiger partial charge >= 0.3 is 6.03 Å². The van der Waals surface area contributed by atoms with Gasteiger partial charge in [0.1, 0.15) is 17.9 Å². The second kappa shape index (κ2) is 10.6. The van der Waals surface area contributed by atoms with Crippen molar-refractivity contribution in [2.45, 2.75) is 32.7 Å². The highest BCUT2D eigenvalue weighted by atomic mass is 35.5. The molecule has 8 heteroatoms. The van der Waals surface area contributed by atoms with Crippen LogP contribution in [0, 0.1) is 0 Å². The summed E-state index contributed by atoms with van der Waals surface area (Å²) in [4.78, 5) is 39.3. The zero-order valence-electron chi connectivity index (χ0n) is 19.5. The Bertz CT molecular complexity index is 1260. The summed E-state index contributed by atoms with van der Waals surface area (Å²) in [6, 6.07) is 17.2. The second-order valence-corrected chi connectivity index (χ2v) is 8.72. The van der Waals surface area contributed by atoms with Crippen molar-refractivity contribution in [3.63, 3.8) is 0 Å². The number of rotatable bonds is 8. The number of aromatic nitrogens is 1. The van der Waals surface area contributed by atoms with Crippen LogP contribution in [0.3, 0.4) is 0 Å². The topological polar surface area (TPSA) is 80.6 Å². The summed E-state index contributed by atoms with van der Waals surface area (Å²) in [6.45, 7) is 5.08. The lowest BCUT2D eigenvalue weighted by Crippen LogP contribution is -2.54. The van der Waals surface area contributed by atoms with E-state index in [0.717, 1.165) is 16.9 Å². The predicted octanol–water partition coefficient (Wildman–Crippen LogP) is 5.40. The number of ether oxygens (including phenoxy) is 1. The number of imide groups is 2. The quantitative estimate of drug-likeness (QED) is 0.338. The molecule has 0 aliphatic carbocycles. The minimum absolute atomic E-state index is 0.117. The molecule has 0 radical (unpaired) electrons. The van der Waals surface area contributed by atoms with Crippen molar-refractivity contribution < 1.29 is 19.1 Å². The number of barbiturate groups is 1. The first-order chi connectivity index (χ1) is 16.9. The fourth-order valence-electron chi connectivity index (χ4n) is 3.78. The molecule has 1 aliphatic heterocycles. The van der Waals surface area contributed by atoms with E-state index in [9.17, 15) is 14.4 Å². The van der Waals surface area contributed by atoms with Gasteiger partial charge in [0.2, 0.25) is 0 Å². The number of anilines is 1. The highest BCUT2D eigenvalue weighted by Gasteiger charge is 2.37. The molecule has 1 aromatic heterocycles. The summed E-state index contributed by atoms with van der Waals surface area (Å²) in [7, 11) is 0. The van der Waals surface area contributed by atoms with Gasteiger partial charge in [-0.15, -0.1) is 0 Å². The maximum absolute atomic E-state index is 13.2. The molecule has 0 spiro atoms. The zero-order chi connectivity index (χ0) is 24.9. The summed E-state index contributed by atoms with van der Waals surface area (Å²) < 4.78 is 7.61. The van der Waals surface area contributed by atoms with Crippen molar-refractivity contribution in [3.05, 3.63) is 88.7 Å². The molecule has 7 nitrogen and oxygen atoms in total. The Balaban J connectivity index is 1.51. The molecule has 4 amide bonds. The van der Waals surface area contributed by atoms with Gasteiger partial charge in [-0.3, -0.25) is 14.9 Å². The highest BCUT2D eigenvalue weighted by Crippen LogP contribution is 2.26. The van der Waals surface area contributed by atoms with Crippen LogP contribution >= 0.6 is 11.6 Å². The summed E-state index contributed by atoms with van der Waals surface area (Å²) >= 11 is 5.90. The predicted molar refractivity (Wildman–Crippen MR) is 136 cm³/mol. The lowest BCUT2D eigenvalue weighted by atomic mass is 9.98. The fourth-order valence-corrected chi connectivity index (χ4v) is 3.91. The van der Waals surface area contributed by atoms with Crippen LogP contribution in [0.2, 0.25) is 5.02 Å². The molecule has 0 bridgehead atoms. The molecule has 4 rings (SSSR count). The van der Waals surface area contributed by atoms with Crippen LogP contribution in [-0.4, -0.2) is 29.0 Å². The first-order valence-electron chi connectivity index (χ1n) is 11.4. The van der Waals surface area contributed by atoms with Crippen LogP contribution in [0.5, 0.6) is 5.75 Å². The number of amides is 4. The summed E-state index contributed by atoms with van der Waals surface area (Å²) in [5.74, 6) is -0.335. The van der Waals surface area contributed by atoms with E-state index in [-0.39, 0.29) is 5.57 Å². The number of hydrogen-bond donors (Lipinski definition) is 1. The maximum Gasteiger partial charge on any atom is 0.335 e. The van der Waals surface area contributed by atoms with Crippen molar-refractivity contribution in [3.8, 4) is 5.75 Å². The minimum atomic E-state index is -0.764. The van der Waals surface area contributed by atoms with Gasteiger partial charge in [-0.2, -0.15) is 0 Å². The van der Waals surface area contributed by atoms with Crippen LogP contribution in [0.4, 0.5) is 10.5 Å². The van der Waals surface area contributed by atoms with Crippen LogP contribution in [-0.2, 0) is 16.1 Å². The standard InChI is InChI=1S/C27H26ClN3O4/c1-3-18(2)19-6-10-21(11-7-19)31-26(33)24(25(32)29-27(31)34)17-22-5-4-14-30(22)15-16-35-23-12-8-20(28)9-13-23/h4-14,17-18H,3,15-16H2,1-2H3,(H,29,32,34)/b24-17-/t18-/m1/s1.